The van der Waals surface area contributed by atoms with Crippen molar-refractivity contribution in [3.63, 3.8) is 0 Å². The van der Waals surface area contributed by atoms with Crippen LogP contribution in [0.25, 0.3) is 0 Å². The zero-order valence-corrected chi connectivity index (χ0v) is 8.76. The van der Waals surface area contributed by atoms with E-state index in [1.54, 1.807) is 13.0 Å². The van der Waals surface area contributed by atoms with Crippen LogP contribution in [0.2, 0.25) is 0 Å². The third-order valence-corrected chi connectivity index (χ3v) is 2.01. The highest BCUT2D eigenvalue weighted by Crippen LogP contribution is 2.16. The largest absolute Gasteiger partial charge is 0.462 e. The molecule has 3 nitrogen and oxygen atoms in total. The van der Waals surface area contributed by atoms with Gasteiger partial charge in [0.2, 0.25) is 0 Å². The minimum atomic E-state index is -0.266. The fourth-order valence-corrected chi connectivity index (χ4v) is 1.29. The molecule has 0 saturated carbocycles. The van der Waals surface area contributed by atoms with Gasteiger partial charge in [0.05, 0.1) is 12.2 Å². The average molecular weight is 193 g/mol. The topological polar surface area (TPSA) is 38.3 Å². The van der Waals surface area contributed by atoms with E-state index in [1.807, 2.05) is 26.1 Å². The Balaban J connectivity index is 2.91. The van der Waals surface area contributed by atoms with Crippen LogP contribution < -0.4 is 5.32 Å². The molecule has 0 amide bonds. The second kappa shape index (κ2) is 4.65. The molecule has 0 aliphatic carbocycles. The van der Waals surface area contributed by atoms with Crippen LogP contribution in [-0.4, -0.2) is 19.6 Å². The van der Waals surface area contributed by atoms with E-state index >= 15 is 0 Å². The fraction of sp³-hybridized carbons (Fsp3) is 0.364. The maximum Gasteiger partial charge on any atom is 0.338 e. The van der Waals surface area contributed by atoms with Gasteiger partial charge in [-0.3, -0.25) is 0 Å². The van der Waals surface area contributed by atoms with Crippen molar-refractivity contribution in [1.29, 1.82) is 0 Å². The van der Waals surface area contributed by atoms with Crippen molar-refractivity contribution < 1.29 is 9.53 Å². The molecule has 0 aromatic heterocycles. The summed E-state index contributed by atoms with van der Waals surface area (Å²) in [6, 6.07) is 5.46. The quantitative estimate of drug-likeness (QED) is 0.748. The smallest absolute Gasteiger partial charge is 0.338 e. The van der Waals surface area contributed by atoms with Crippen LogP contribution in [0, 0.1) is 6.92 Å². The van der Waals surface area contributed by atoms with Crippen molar-refractivity contribution in [2.75, 3.05) is 19.0 Å². The number of hydrogen-bond acceptors (Lipinski definition) is 3. The van der Waals surface area contributed by atoms with E-state index in [-0.39, 0.29) is 5.97 Å². The Hall–Kier alpha value is -1.51. The maximum atomic E-state index is 11.4. The number of anilines is 1. The number of hydrogen-bond donors (Lipinski definition) is 1. The van der Waals surface area contributed by atoms with E-state index in [0.717, 1.165) is 11.3 Å². The van der Waals surface area contributed by atoms with E-state index in [2.05, 4.69) is 5.32 Å². The van der Waals surface area contributed by atoms with Gasteiger partial charge in [-0.2, -0.15) is 0 Å². The number of rotatable bonds is 3. The molecule has 0 bridgehead atoms. The standard InChI is InChI=1S/C11H15NO2/c1-4-14-11(13)9-5-6-10(12-3)8(2)7-9/h5-7,12H,4H2,1-3H3. The van der Waals surface area contributed by atoms with E-state index in [9.17, 15) is 4.79 Å². The van der Waals surface area contributed by atoms with Gasteiger partial charge < -0.3 is 10.1 Å². The van der Waals surface area contributed by atoms with Crippen molar-refractivity contribution in [2.45, 2.75) is 13.8 Å². The van der Waals surface area contributed by atoms with Crippen molar-refractivity contribution in [2.24, 2.45) is 0 Å². The molecule has 14 heavy (non-hydrogen) atoms. The maximum absolute atomic E-state index is 11.4. The molecule has 1 aromatic carbocycles. The van der Waals surface area contributed by atoms with Gasteiger partial charge in [0, 0.05) is 12.7 Å². The summed E-state index contributed by atoms with van der Waals surface area (Å²) in [5.74, 6) is -0.266. The average Bonchev–Trinajstić information content (AvgIpc) is 2.18. The van der Waals surface area contributed by atoms with Crippen LogP contribution in [0.5, 0.6) is 0 Å². The predicted molar refractivity (Wildman–Crippen MR) is 56.7 cm³/mol. The Morgan fingerprint density at radius 1 is 1.50 bits per heavy atom. The minimum absolute atomic E-state index is 0.266. The summed E-state index contributed by atoms with van der Waals surface area (Å²) < 4.78 is 4.90. The Morgan fingerprint density at radius 2 is 2.21 bits per heavy atom. The van der Waals surface area contributed by atoms with Crippen molar-refractivity contribution in [1.82, 2.24) is 0 Å². The van der Waals surface area contributed by atoms with Gasteiger partial charge in [0.25, 0.3) is 0 Å². The lowest BCUT2D eigenvalue weighted by molar-refractivity contribution is 0.0526. The van der Waals surface area contributed by atoms with Gasteiger partial charge in [-0.15, -0.1) is 0 Å². The highest BCUT2D eigenvalue weighted by Gasteiger charge is 2.07. The summed E-state index contributed by atoms with van der Waals surface area (Å²) in [6.45, 7) is 4.16. The molecule has 1 aromatic rings. The van der Waals surface area contributed by atoms with Gasteiger partial charge in [0.15, 0.2) is 0 Å². The number of aryl methyl sites for hydroxylation is 1. The van der Waals surface area contributed by atoms with Gasteiger partial charge in [0.1, 0.15) is 0 Å². The molecule has 1 N–H and O–H groups in total. The number of esters is 1. The molecule has 3 heteroatoms. The molecule has 0 unspecified atom stereocenters. The molecule has 0 radical (unpaired) electrons. The first-order valence-electron chi connectivity index (χ1n) is 4.64. The first-order valence-corrected chi connectivity index (χ1v) is 4.64. The predicted octanol–water partition coefficient (Wildman–Crippen LogP) is 2.21. The number of carbonyl (C=O) groups excluding carboxylic acids is 1. The molecule has 0 spiro atoms. The highest BCUT2D eigenvalue weighted by atomic mass is 16.5. The summed E-state index contributed by atoms with van der Waals surface area (Å²) in [7, 11) is 1.85. The zero-order valence-electron chi connectivity index (χ0n) is 8.76. The van der Waals surface area contributed by atoms with Crippen LogP contribution in [0.4, 0.5) is 5.69 Å². The molecule has 76 valence electrons. The van der Waals surface area contributed by atoms with Crippen LogP contribution >= 0.6 is 0 Å². The molecule has 0 aliphatic rings. The minimum Gasteiger partial charge on any atom is -0.462 e. The SMILES string of the molecule is CCOC(=O)c1ccc(NC)c(C)c1. The van der Waals surface area contributed by atoms with E-state index in [0.29, 0.717) is 12.2 Å². The van der Waals surface area contributed by atoms with Crippen LogP contribution in [0.15, 0.2) is 18.2 Å². The van der Waals surface area contributed by atoms with Crippen LogP contribution in [0.1, 0.15) is 22.8 Å². The second-order valence-electron chi connectivity index (χ2n) is 3.00. The number of carbonyl (C=O) groups is 1. The summed E-state index contributed by atoms with van der Waals surface area (Å²) in [4.78, 5) is 11.4. The highest BCUT2D eigenvalue weighted by molar-refractivity contribution is 5.90. The lowest BCUT2D eigenvalue weighted by Gasteiger charge is -2.07. The normalized spacial score (nSPS) is 9.64. The van der Waals surface area contributed by atoms with Crippen molar-refractivity contribution in [3.8, 4) is 0 Å². The fourth-order valence-electron chi connectivity index (χ4n) is 1.29. The van der Waals surface area contributed by atoms with Gasteiger partial charge in [-0.05, 0) is 37.6 Å². The van der Waals surface area contributed by atoms with Gasteiger partial charge >= 0.3 is 5.97 Å². The summed E-state index contributed by atoms with van der Waals surface area (Å²) >= 11 is 0. The van der Waals surface area contributed by atoms with Gasteiger partial charge in [-0.1, -0.05) is 0 Å². The molecular weight excluding hydrogens is 178 g/mol. The summed E-state index contributed by atoms with van der Waals surface area (Å²) in [6.07, 6.45) is 0. The van der Waals surface area contributed by atoms with Crippen molar-refractivity contribution in [3.05, 3.63) is 29.3 Å². The Morgan fingerprint density at radius 3 is 2.71 bits per heavy atom. The van der Waals surface area contributed by atoms with Gasteiger partial charge in [-0.25, -0.2) is 4.79 Å². The molecule has 0 atom stereocenters. The van der Waals surface area contributed by atoms with Crippen molar-refractivity contribution >= 4 is 11.7 Å². The Labute approximate surface area is 84.1 Å². The summed E-state index contributed by atoms with van der Waals surface area (Å²) in [5.41, 5.74) is 2.67. The first kappa shape index (κ1) is 10.6. The number of nitrogens with one attached hydrogen (secondary N) is 1. The Kier molecular flexibility index (Phi) is 3.51. The number of benzene rings is 1. The molecule has 0 saturated heterocycles. The van der Waals surface area contributed by atoms with E-state index in [1.165, 1.54) is 0 Å². The molecule has 0 aliphatic heterocycles. The molecular formula is C11H15NO2. The first-order chi connectivity index (χ1) is 6.69. The third kappa shape index (κ3) is 2.25. The van der Waals surface area contributed by atoms with E-state index in [4.69, 9.17) is 4.74 Å². The lowest BCUT2D eigenvalue weighted by atomic mass is 10.1. The monoisotopic (exact) mass is 193 g/mol. The van der Waals surface area contributed by atoms with E-state index < -0.39 is 0 Å². The second-order valence-corrected chi connectivity index (χ2v) is 3.00. The zero-order chi connectivity index (χ0) is 10.6. The molecule has 0 fully saturated rings. The Bertz CT molecular complexity index is 334. The van der Waals surface area contributed by atoms with Crippen LogP contribution in [0.3, 0.4) is 0 Å². The molecule has 1 rings (SSSR count). The summed E-state index contributed by atoms with van der Waals surface area (Å²) in [5, 5.41) is 3.04. The number of ether oxygens (including phenoxy) is 1. The third-order valence-electron chi connectivity index (χ3n) is 2.01. The lowest BCUT2D eigenvalue weighted by Crippen LogP contribution is -2.05. The molecule has 0 heterocycles. The van der Waals surface area contributed by atoms with Crippen LogP contribution in [-0.2, 0) is 4.74 Å².